The van der Waals surface area contributed by atoms with Crippen molar-refractivity contribution in [2.75, 3.05) is 81.9 Å². The predicted molar refractivity (Wildman–Crippen MR) is 196 cm³/mol. The Hall–Kier alpha value is -2.52. The minimum absolute atomic E-state index is 0.111. The molecule has 0 saturated heterocycles. The third kappa shape index (κ3) is 13.5. The molecule has 0 radical (unpaired) electrons. The first-order chi connectivity index (χ1) is 22.5. The van der Waals surface area contributed by atoms with Crippen LogP contribution < -0.4 is 16.0 Å². The minimum atomic E-state index is -1.10. The minimum Gasteiger partial charge on any atom is -0.378 e. The van der Waals surface area contributed by atoms with Gasteiger partial charge in [-0.3, -0.25) is 4.79 Å². The molecule has 10 nitrogen and oxygen atoms in total. The summed E-state index contributed by atoms with van der Waals surface area (Å²) in [6, 6.07) is 9.59. The molecule has 3 rings (SSSR count). The molecular formula is C33H49ClFN7O3S2. The Kier molecular flexibility index (Phi) is 16.6. The van der Waals surface area contributed by atoms with Crippen molar-refractivity contribution in [2.24, 2.45) is 0 Å². The van der Waals surface area contributed by atoms with Crippen molar-refractivity contribution >= 4 is 56.8 Å². The number of amides is 1. The first-order valence-electron chi connectivity index (χ1n) is 15.8. The van der Waals surface area contributed by atoms with Crippen molar-refractivity contribution in [2.45, 2.75) is 43.9 Å². The van der Waals surface area contributed by atoms with Crippen LogP contribution in [-0.2, 0) is 13.7 Å². The molecule has 0 aliphatic heterocycles. The second-order valence-corrected chi connectivity index (χ2v) is 16.8. The number of benzene rings is 1. The summed E-state index contributed by atoms with van der Waals surface area (Å²) < 4.78 is 26.6. The summed E-state index contributed by atoms with van der Waals surface area (Å²) in [7, 11) is 0.820. The number of hydrogen-bond donors (Lipinski definition) is 3. The number of halogens is 2. The van der Waals surface area contributed by atoms with Gasteiger partial charge in [-0.15, -0.1) is 32.3 Å². The van der Waals surface area contributed by atoms with Crippen molar-refractivity contribution in [1.82, 2.24) is 25.4 Å². The lowest BCUT2D eigenvalue weighted by Gasteiger charge is -2.35. The van der Waals surface area contributed by atoms with E-state index in [0.29, 0.717) is 76.7 Å². The van der Waals surface area contributed by atoms with Gasteiger partial charge in [0.2, 0.25) is 5.91 Å². The van der Waals surface area contributed by atoms with Gasteiger partial charge in [-0.1, -0.05) is 32.4 Å². The molecule has 0 aliphatic carbocycles. The van der Waals surface area contributed by atoms with Crippen molar-refractivity contribution < 1.29 is 18.1 Å². The molecule has 260 valence electrons. The maximum atomic E-state index is 14.7. The number of thioether (sulfide) groups is 1. The zero-order chi connectivity index (χ0) is 34.2. The zero-order valence-corrected chi connectivity index (χ0v) is 30.7. The number of ether oxygens (including phenoxy) is 1. The van der Waals surface area contributed by atoms with Crippen LogP contribution in [0.4, 0.5) is 21.6 Å². The summed E-state index contributed by atoms with van der Waals surface area (Å²) >= 11 is 7.63. The highest BCUT2D eigenvalue weighted by atomic mass is 35.5. The van der Waals surface area contributed by atoms with Crippen LogP contribution >= 0.6 is 33.7 Å². The van der Waals surface area contributed by atoms with Crippen LogP contribution in [0.2, 0.25) is 5.02 Å². The van der Waals surface area contributed by atoms with Gasteiger partial charge in [-0.25, -0.2) is 9.37 Å². The maximum Gasteiger partial charge on any atom is 0.226 e. The van der Waals surface area contributed by atoms with Crippen molar-refractivity contribution in [1.29, 1.82) is 0 Å². The zero-order valence-electron chi connectivity index (χ0n) is 28.3. The Bertz CT molecular complexity index is 1420. The Morgan fingerprint density at radius 1 is 1.09 bits per heavy atom. The lowest BCUT2D eigenvalue weighted by Crippen LogP contribution is -2.34. The molecule has 14 heteroatoms. The van der Waals surface area contributed by atoms with Gasteiger partial charge < -0.3 is 29.8 Å². The van der Waals surface area contributed by atoms with E-state index in [1.165, 1.54) is 30.0 Å². The number of nitrogens with zero attached hydrogens (tertiary/aromatic N) is 4. The quantitative estimate of drug-likeness (QED) is 0.0802. The molecule has 1 amide bonds. The summed E-state index contributed by atoms with van der Waals surface area (Å²) in [4.78, 5) is 19.4. The normalized spacial score (nSPS) is 12.1. The second-order valence-electron chi connectivity index (χ2n) is 11.5. The second kappa shape index (κ2) is 20.1. The van der Waals surface area contributed by atoms with Crippen LogP contribution in [0, 0.1) is 5.82 Å². The first-order valence-corrected chi connectivity index (χ1v) is 19.6. The predicted octanol–water partition coefficient (Wildman–Crippen LogP) is 6.85. The van der Waals surface area contributed by atoms with Gasteiger partial charge >= 0.3 is 0 Å². The smallest absolute Gasteiger partial charge is 0.226 e. The fraction of sp³-hybridized carbons (Fsp3) is 0.515. The van der Waals surface area contributed by atoms with Crippen LogP contribution in [0.5, 0.6) is 0 Å². The molecule has 0 unspecified atom stereocenters. The van der Waals surface area contributed by atoms with Crippen LogP contribution in [-0.4, -0.2) is 103 Å². The van der Waals surface area contributed by atoms with E-state index < -0.39 is 16.1 Å². The fourth-order valence-electron chi connectivity index (χ4n) is 4.26. The van der Waals surface area contributed by atoms with Gasteiger partial charge in [-0.05, 0) is 62.9 Å². The number of hydrogen-bond acceptors (Lipinski definition) is 10. The van der Waals surface area contributed by atoms with Gasteiger partial charge in [0, 0.05) is 65.6 Å². The SMILES string of the molecule is CCCN(CCNC)CCC(=O)Nc1cc(Nc2cc(-c3cc(Cl)ccc3F)nnc2SCCOCCOS(C)(C)C(C)C)ccn1. The molecule has 0 bridgehead atoms. The molecule has 47 heavy (non-hydrogen) atoms. The van der Waals surface area contributed by atoms with E-state index >= 15 is 0 Å². The Balaban J connectivity index is 1.69. The number of rotatable bonds is 21. The van der Waals surface area contributed by atoms with Gasteiger partial charge in [0.05, 0.1) is 31.2 Å². The Labute approximate surface area is 289 Å². The van der Waals surface area contributed by atoms with Crippen LogP contribution in [0.15, 0.2) is 47.6 Å². The Morgan fingerprint density at radius 3 is 2.64 bits per heavy atom. The summed E-state index contributed by atoms with van der Waals surface area (Å²) in [6.07, 6.45) is 7.32. The summed E-state index contributed by atoms with van der Waals surface area (Å²) in [5.74, 6) is 0.480. The number of carbonyl (C=O) groups is 1. The number of likely N-dealkylation sites (N-methyl/N-ethyl adjacent to an activating group) is 1. The molecule has 2 heterocycles. The lowest BCUT2D eigenvalue weighted by atomic mass is 10.1. The number of nitrogens with one attached hydrogen (secondary N) is 3. The van der Waals surface area contributed by atoms with Gasteiger partial charge in [0.25, 0.3) is 0 Å². The van der Waals surface area contributed by atoms with E-state index in [2.05, 4.69) is 69.3 Å². The third-order valence-electron chi connectivity index (χ3n) is 7.36. The number of carbonyl (C=O) groups excluding carboxylic acids is 1. The summed E-state index contributed by atoms with van der Waals surface area (Å²) in [6.45, 7) is 11.4. The van der Waals surface area contributed by atoms with Crippen LogP contribution in [0.1, 0.15) is 33.6 Å². The molecular weight excluding hydrogens is 661 g/mol. The molecule has 0 atom stereocenters. The highest BCUT2D eigenvalue weighted by molar-refractivity contribution is 8.29. The van der Waals surface area contributed by atoms with Crippen LogP contribution in [0.3, 0.4) is 0 Å². The van der Waals surface area contributed by atoms with Crippen LogP contribution in [0.25, 0.3) is 11.3 Å². The molecule has 2 aromatic heterocycles. The molecule has 0 fully saturated rings. The average Bonchev–Trinajstić information content (AvgIpc) is 3.03. The molecule has 1 aromatic carbocycles. The van der Waals surface area contributed by atoms with Crippen molar-refractivity contribution in [3.63, 3.8) is 0 Å². The van der Waals surface area contributed by atoms with E-state index in [9.17, 15) is 9.18 Å². The molecule has 3 N–H and O–H groups in total. The topological polar surface area (TPSA) is 114 Å². The summed E-state index contributed by atoms with van der Waals surface area (Å²) in [5, 5.41) is 19.6. The first kappa shape index (κ1) is 38.9. The third-order valence-corrected chi connectivity index (χ3v) is 11.6. The van der Waals surface area contributed by atoms with Gasteiger partial charge in [-0.2, -0.15) is 0 Å². The number of pyridine rings is 1. The van der Waals surface area contributed by atoms with Crippen molar-refractivity contribution in [3.05, 3.63) is 53.4 Å². The maximum absolute atomic E-state index is 14.7. The fourth-order valence-corrected chi connectivity index (χ4v) is 5.96. The summed E-state index contributed by atoms with van der Waals surface area (Å²) in [5.41, 5.74) is 1.87. The van der Waals surface area contributed by atoms with Gasteiger partial charge in [0.15, 0.2) is 0 Å². The number of anilines is 3. The van der Waals surface area contributed by atoms with Gasteiger partial charge in [0.1, 0.15) is 16.7 Å². The molecule has 0 aliphatic rings. The van der Waals surface area contributed by atoms with Crippen molar-refractivity contribution in [3.8, 4) is 11.3 Å². The highest BCUT2D eigenvalue weighted by Crippen LogP contribution is 2.45. The molecule has 0 saturated carbocycles. The number of aromatic nitrogens is 3. The monoisotopic (exact) mass is 709 g/mol. The van der Waals surface area contributed by atoms with E-state index in [1.54, 1.807) is 24.4 Å². The van der Waals surface area contributed by atoms with E-state index in [4.69, 9.17) is 20.5 Å². The average molecular weight is 710 g/mol. The van der Waals surface area contributed by atoms with E-state index in [0.717, 1.165) is 26.1 Å². The molecule has 3 aromatic rings. The Morgan fingerprint density at radius 2 is 1.89 bits per heavy atom. The largest absolute Gasteiger partial charge is 0.378 e. The van der Waals surface area contributed by atoms with E-state index in [-0.39, 0.29) is 11.5 Å². The van der Waals surface area contributed by atoms with E-state index in [1.807, 2.05) is 7.05 Å². The standard InChI is InChI=1S/C33H49ClFN7O3S2/c1-7-14-42(16-13-36-4)15-11-32(43)39-31-22-26(10-12-37-31)38-30-23-29(27-21-25(34)8-9-28(27)35)40-41-33(30)46-20-19-44-17-18-45-47(5,6)24(2)3/h8-10,12,21-24,36H,7,11,13-20H2,1-6H3,(H2,37,38,39,40,43). The molecule has 0 spiro atoms. The highest BCUT2D eigenvalue weighted by Gasteiger charge is 2.17. The lowest BCUT2D eigenvalue weighted by molar-refractivity contribution is -0.116.